The van der Waals surface area contributed by atoms with Gasteiger partial charge in [-0.05, 0) is 49.4 Å². The molecule has 0 amide bonds. The first-order valence-corrected chi connectivity index (χ1v) is 15.8. The lowest BCUT2D eigenvalue weighted by molar-refractivity contribution is 0.481. The smallest absolute Gasteiger partial charge is 0.313 e. The molecule has 0 fully saturated rings. The van der Waals surface area contributed by atoms with E-state index in [1.54, 1.807) is 30.3 Å². The van der Waals surface area contributed by atoms with Gasteiger partial charge >= 0.3 is 6.08 Å². The fourth-order valence-electron chi connectivity index (χ4n) is 3.95. The largest absolute Gasteiger partial charge is 0.324 e. The number of azo groups is 1. The van der Waals surface area contributed by atoms with Crippen LogP contribution in [-0.2, 0) is 20.2 Å². The van der Waals surface area contributed by atoms with Gasteiger partial charge in [0.15, 0.2) is 11.5 Å². The normalized spacial score (nSPS) is 12.1. The van der Waals surface area contributed by atoms with Gasteiger partial charge < -0.3 is 5.32 Å². The maximum atomic E-state index is 14.3. The van der Waals surface area contributed by atoms with Crippen molar-refractivity contribution in [1.82, 2.24) is 24.7 Å². The van der Waals surface area contributed by atoms with Crippen LogP contribution in [0.15, 0.2) is 85.5 Å². The van der Waals surface area contributed by atoms with E-state index >= 15 is 0 Å². The van der Waals surface area contributed by atoms with Gasteiger partial charge in [0, 0.05) is 11.3 Å². The molecule has 0 radical (unpaired) electrons. The van der Waals surface area contributed by atoms with Gasteiger partial charge in [-0.2, -0.15) is 36.2 Å². The van der Waals surface area contributed by atoms with E-state index in [1.165, 1.54) is 13.0 Å². The highest BCUT2D eigenvalue weighted by molar-refractivity contribution is 7.86. The van der Waals surface area contributed by atoms with Crippen LogP contribution in [0.2, 0.25) is 10.0 Å². The van der Waals surface area contributed by atoms with Crippen molar-refractivity contribution in [3.63, 3.8) is 0 Å². The molecule has 5 rings (SSSR count). The van der Waals surface area contributed by atoms with Crippen LogP contribution in [0.25, 0.3) is 17.1 Å². The van der Waals surface area contributed by atoms with Crippen LogP contribution in [0.5, 0.6) is 0 Å². The molecular weight excluding hydrogens is 678 g/mol. The fourth-order valence-corrected chi connectivity index (χ4v) is 5.89. The third-order valence-corrected chi connectivity index (χ3v) is 8.47. The lowest BCUT2D eigenvalue weighted by Crippen LogP contribution is -2.15. The number of anilines is 2. The summed E-state index contributed by atoms with van der Waals surface area (Å²) in [6, 6.07) is 13.7. The van der Waals surface area contributed by atoms with Crippen LogP contribution in [0.4, 0.5) is 27.4 Å². The summed E-state index contributed by atoms with van der Waals surface area (Å²) in [7, 11) is -9.58. The van der Waals surface area contributed by atoms with Crippen molar-refractivity contribution in [1.29, 1.82) is 0 Å². The van der Waals surface area contributed by atoms with Crippen molar-refractivity contribution in [2.24, 2.45) is 10.2 Å². The predicted molar refractivity (Wildman–Crippen MR) is 160 cm³/mol. The molecule has 232 valence electrons. The quantitative estimate of drug-likeness (QED) is 0.118. The number of hydrogen-bond donors (Lipinski definition) is 4. The highest BCUT2D eigenvalue weighted by Gasteiger charge is 2.22. The Balaban J connectivity index is 1.56. The SMILES string of the molecule is Cc1[nH]n(-c2cc(Cl)c(S(=O)(=O)O)cc2Cl)c(=O)c1N=Nc1cc(-c2nc(F)nc(Nc3ccccc3)n2)ccc1S(=O)(=O)O. The molecule has 15 nitrogen and oxygen atoms in total. The van der Waals surface area contributed by atoms with Crippen LogP contribution >= 0.6 is 23.2 Å². The van der Waals surface area contributed by atoms with Gasteiger partial charge in [0.05, 0.1) is 21.4 Å². The second kappa shape index (κ2) is 12.1. The van der Waals surface area contributed by atoms with E-state index < -0.39 is 52.4 Å². The first-order valence-electron chi connectivity index (χ1n) is 12.2. The summed E-state index contributed by atoms with van der Waals surface area (Å²) < 4.78 is 81.6. The van der Waals surface area contributed by atoms with Crippen molar-refractivity contribution >= 4 is 66.4 Å². The molecule has 0 saturated heterocycles. The van der Waals surface area contributed by atoms with Crippen LogP contribution in [0.1, 0.15) is 5.69 Å². The number of aryl methyl sites for hydroxylation is 1. The second-order valence-electron chi connectivity index (χ2n) is 9.04. The molecule has 0 spiro atoms. The van der Waals surface area contributed by atoms with Gasteiger partial charge in [-0.25, -0.2) is 4.68 Å². The molecule has 4 N–H and O–H groups in total. The number of nitrogens with zero attached hydrogens (tertiary/aromatic N) is 6. The number of halogens is 3. The second-order valence-corrected chi connectivity index (χ2v) is 12.6. The van der Waals surface area contributed by atoms with E-state index in [-0.39, 0.29) is 39.4 Å². The van der Waals surface area contributed by atoms with Gasteiger partial charge in [0.25, 0.3) is 25.8 Å². The molecule has 0 unspecified atom stereocenters. The van der Waals surface area contributed by atoms with Crippen molar-refractivity contribution in [3.8, 4) is 17.1 Å². The average molecular weight is 695 g/mol. The van der Waals surface area contributed by atoms with Gasteiger partial charge in [-0.1, -0.05) is 41.4 Å². The highest BCUT2D eigenvalue weighted by atomic mass is 35.5. The van der Waals surface area contributed by atoms with Crippen molar-refractivity contribution in [2.45, 2.75) is 16.7 Å². The molecule has 0 aliphatic carbocycles. The third-order valence-electron chi connectivity index (χ3n) is 5.95. The van der Waals surface area contributed by atoms with Crippen LogP contribution in [-0.4, -0.2) is 50.7 Å². The Bertz CT molecular complexity index is 2280. The summed E-state index contributed by atoms with van der Waals surface area (Å²) in [5.41, 5.74) is -1.06. The van der Waals surface area contributed by atoms with Gasteiger partial charge in [-0.15, -0.1) is 10.2 Å². The topological polar surface area (TPSA) is 222 Å². The zero-order valence-electron chi connectivity index (χ0n) is 22.3. The summed E-state index contributed by atoms with van der Waals surface area (Å²) >= 11 is 12.1. The molecule has 3 aromatic carbocycles. The lowest BCUT2D eigenvalue weighted by Gasteiger charge is -2.08. The van der Waals surface area contributed by atoms with Gasteiger partial charge in [0.1, 0.15) is 15.5 Å². The zero-order chi connectivity index (χ0) is 32.7. The number of benzene rings is 3. The highest BCUT2D eigenvalue weighted by Crippen LogP contribution is 2.33. The molecule has 2 heterocycles. The van der Waals surface area contributed by atoms with Gasteiger partial charge in [-0.3, -0.25) is 19.0 Å². The van der Waals surface area contributed by atoms with E-state index in [0.29, 0.717) is 5.69 Å². The lowest BCUT2D eigenvalue weighted by atomic mass is 10.2. The Labute approximate surface area is 262 Å². The Hall–Kier alpha value is -4.59. The van der Waals surface area contributed by atoms with Crippen LogP contribution in [0, 0.1) is 13.0 Å². The number of hydrogen-bond acceptors (Lipinski definition) is 11. The average Bonchev–Trinajstić information content (AvgIpc) is 3.24. The molecule has 2 aromatic heterocycles. The summed E-state index contributed by atoms with van der Waals surface area (Å²) in [6.45, 7) is 1.42. The van der Waals surface area contributed by atoms with E-state index in [2.05, 4.69) is 35.6 Å². The van der Waals surface area contributed by atoms with Crippen molar-refractivity contribution in [3.05, 3.63) is 92.8 Å². The third kappa shape index (κ3) is 6.90. The van der Waals surface area contributed by atoms with E-state index in [0.717, 1.165) is 28.9 Å². The van der Waals surface area contributed by atoms with E-state index in [4.69, 9.17) is 23.2 Å². The number of H-pyrrole nitrogens is 1. The number of para-hydroxylation sites is 1. The number of nitrogens with one attached hydrogen (secondary N) is 2. The monoisotopic (exact) mass is 694 g/mol. The molecular formula is C25H17Cl2FN8O7S2. The minimum Gasteiger partial charge on any atom is -0.324 e. The number of aromatic nitrogens is 5. The molecule has 0 aliphatic rings. The van der Waals surface area contributed by atoms with Crippen LogP contribution in [0.3, 0.4) is 0 Å². The summed E-state index contributed by atoms with van der Waals surface area (Å²) in [4.78, 5) is 23.2. The molecule has 20 heteroatoms. The minimum atomic E-state index is -4.86. The van der Waals surface area contributed by atoms with Crippen molar-refractivity contribution < 1.29 is 30.3 Å². The predicted octanol–water partition coefficient (Wildman–Crippen LogP) is 5.42. The first-order chi connectivity index (χ1) is 21.1. The number of aromatic amines is 1. The minimum absolute atomic E-state index is 0.0531. The molecule has 0 bridgehead atoms. The molecule has 0 atom stereocenters. The van der Waals surface area contributed by atoms with E-state index in [9.17, 15) is 35.1 Å². The Morgan fingerprint density at radius 2 is 1.58 bits per heavy atom. The maximum Gasteiger partial charge on any atom is 0.313 e. The van der Waals surface area contributed by atoms with Crippen LogP contribution < -0.4 is 10.9 Å². The standard InChI is InChI=1S/C25H17Cl2FN8O7S2/c1-12-21(23(37)36(35-12)18-10-16(27)20(11-15(18)26)45(41,42)43)34-33-17-9-13(7-8-19(17)44(38,39)40)22-30-24(28)32-25(31-22)29-14-5-3-2-4-6-14/h2-11,35H,1H3,(H,38,39,40)(H,41,42,43)(H,29,30,31,32). The maximum absolute atomic E-state index is 14.3. The summed E-state index contributed by atoms with van der Waals surface area (Å²) in [5, 5.41) is 12.5. The Kier molecular flexibility index (Phi) is 8.53. The summed E-state index contributed by atoms with van der Waals surface area (Å²) in [5.74, 6) is -0.378. The van der Waals surface area contributed by atoms with Crippen molar-refractivity contribution in [2.75, 3.05) is 5.32 Å². The molecule has 45 heavy (non-hydrogen) atoms. The van der Waals surface area contributed by atoms with Gasteiger partial charge in [0.2, 0.25) is 5.95 Å². The molecule has 5 aromatic rings. The Morgan fingerprint density at radius 1 is 0.889 bits per heavy atom. The first kappa shape index (κ1) is 31.8. The molecule has 0 aliphatic heterocycles. The summed E-state index contributed by atoms with van der Waals surface area (Å²) in [6.07, 6.45) is -1.15. The zero-order valence-corrected chi connectivity index (χ0v) is 25.5. The Morgan fingerprint density at radius 3 is 2.24 bits per heavy atom. The van der Waals surface area contributed by atoms with E-state index in [1.807, 2.05) is 0 Å². The fraction of sp³-hybridized carbons (Fsp3) is 0.0400. The number of rotatable bonds is 8. The molecule has 0 saturated carbocycles.